The van der Waals surface area contributed by atoms with Gasteiger partial charge in [-0.1, -0.05) is 40.9 Å². The van der Waals surface area contributed by atoms with E-state index in [2.05, 4.69) is 15.8 Å². The predicted molar refractivity (Wildman–Crippen MR) is 180 cm³/mol. The second kappa shape index (κ2) is 13.3. The number of anilines is 1. The Morgan fingerprint density at radius 2 is 1.74 bits per heavy atom. The van der Waals surface area contributed by atoms with Crippen LogP contribution in [0.3, 0.4) is 0 Å². The minimum atomic E-state index is -1.37. The number of hydrogen-bond acceptors (Lipinski definition) is 7. The van der Waals surface area contributed by atoms with Gasteiger partial charge in [0.2, 0.25) is 5.43 Å². The van der Waals surface area contributed by atoms with Crippen molar-refractivity contribution < 1.29 is 23.8 Å². The average Bonchev–Trinajstić information content (AvgIpc) is 3.88. The summed E-state index contributed by atoms with van der Waals surface area (Å²) in [5, 5.41) is 10.9. The van der Waals surface area contributed by atoms with Gasteiger partial charge >= 0.3 is 5.97 Å². The SMILES string of the molecule is COc1cc2c(=O)c(C(=O)O)cn(C3CC3)c2c(F)c1N1CCN(C(NNC(=O)c2ccc(Cl)cc2)c2c(Cl)cccc2Cl)C(C)C1. The monoisotopic (exact) mass is 701 g/mol. The van der Waals surface area contributed by atoms with Crippen molar-refractivity contribution in [1.29, 1.82) is 0 Å². The van der Waals surface area contributed by atoms with E-state index in [1.54, 1.807) is 47.0 Å². The molecule has 2 heterocycles. The number of nitrogens with zero attached hydrogens (tertiary/aromatic N) is 3. The number of pyridine rings is 1. The summed E-state index contributed by atoms with van der Waals surface area (Å²) in [6.07, 6.45) is 2.08. The van der Waals surface area contributed by atoms with Crippen LogP contribution in [0.1, 0.15) is 58.3 Å². The predicted octanol–water partition coefficient (Wildman–Crippen LogP) is 6.29. The van der Waals surface area contributed by atoms with Crippen LogP contribution in [0.4, 0.5) is 10.1 Å². The molecule has 1 aliphatic heterocycles. The van der Waals surface area contributed by atoms with E-state index in [1.807, 2.05) is 11.8 Å². The smallest absolute Gasteiger partial charge is 0.341 e. The molecule has 1 aromatic heterocycles. The summed E-state index contributed by atoms with van der Waals surface area (Å²) in [4.78, 5) is 41.9. The Labute approximate surface area is 284 Å². The molecule has 2 fully saturated rings. The molecule has 3 N–H and O–H groups in total. The molecule has 2 atom stereocenters. The van der Waals surface area contributed by atoms with Gasteiger partial charge in [0.15, 0.2) is 5.82 Å². The molecule has 2 unspecified atom stereocenters. The van der Waals surface area contributed by atoms with E-state index < -0.39 is 34.9 Å². The standard InChI is InChI=1S/C33H31Cl3FN5O5/c1-17-15-40(29-25(47-2)14-21-28(27(29)37)42(20-10-11-20)16-22(30(21)43)33(45)46)12-13-41(17)31(26-23(35)4-3-5-24(26)36)38-39-32(44)18-6-8-19(34)9-7-18/h3-9,14,16-17,20,31,38H,10-13,15H2,1-2H3,(H,39,44)(H,45,46). The Morgan fingerprint density at radius 1 is 1.06 bits per heavy atom. The summed E-state index contributed by atoms with van der Waals surface area (Å²) in [7, 11) is 1.38. The van der Waals surface area contributed by atoms with Crippen LogP contribution in [-0.2, 0) is 0 Å². The van der Waals surface area contributed by atoms with Crippen LogP contribution in [0.25, 0.3) is 10.9 Å². The van der Waals surface area contributed by atoms with E-state index in [9.17, 15) is 19.5 Å². The lowest BCUT2D eigenvalue weighted by molar-refractivity contribution is 0.0694. The fourth-order valence-electron chi connectivity index (χ4n) is 6.14. The number of fused-ring (bicyclic) bond motifs is 1. The topological polar surface area (TPSA) is 116 Å². The van der Waals surface area contributed by atoms with E-state index in [0.29, 0.717) is 45.8 Å². The Kier molecular flexibility index (Phi) is 9.37. The first-order valence-electron chi connectivity index (χ1n) is 14.9. The van der Waals surface area contributed by atoms with Crippen LogP contribution < -0.4 is 25.9 Å². The first-order valence-corrected chi connectivity index (χ1v) is 16.1. The molecular weight excluding hydrogens is 672 g/mol. The molecule has 47 heavy (non-hydrogen) atoms. The molecule has 3 aromatic carbocycles. The maximum Gasteiger partial charge on any atom is 0.341 e. The first-order chi connectivity index (χ1) is 22.5. The van der Waals surface area contributed by atoms with Crippen LogP contribution in [0.15, 0.2) is 59.5 Å². The highest BCUT2D eigenvalue weighted by atomic mass is 35.5. The van der Waals surface area contributed by atoms with Gasteiger partial charge in [0.25, 0.3) is 5.91 Å². The number of aromatic carboxylic acids is 1. The molecule has 1 saturated carbocycles. The number of carbonyl (C=O) groups excluding carboxylic acids is 1. The number of piperazine rings is 1. The number of halogens is 4. The number of carboxylic acid groups (broad SMARTS) is 1. The van der Waals surface area contributed by atoms with Crippen molar-refractivity contribution in [3.05, 3.63) is 103 Å². The lowest BCUT2D eigenvalue weighted by Gasteiger charge is -2.45. The minimum absolute atomic E-state index is 0.0457. The summed E-state index contributed by atoms with van der Waals surface area (Å²) < 4.78 is 23.8. The Bertz CT molecular complexity index is 1920. The van der Waals surface area contributed by atoms with Gasteiger partial charge in [0, 0.05) is 64.1 Å². The summed E-state index contributed by atoms with van der Waals surface area (Å²) in [5.41, 5.74) is 5.88. The fraction of sp³-hybridized carbons (Fsp3) is 0.303. The highest BCUT2D eigenvalue weighted by Gasteiger charge is 2.36. The molecule has 1 amide bonds. The number of nitrogens with one attached hydrogen (secondary N) is 2. The molecule has 10 nitrogen and oxygen atoms in total. The minimum Gasteiger partial charge on any atom is -0.494 e. The summed E-state index contributed by atoms with van der Waals surface area (Å²) >= 11 is 19.3. The Hall–Kier alpha value is -3.87. The number of hydrazine groups is 1. The molecule has 0 radical (unpaired) electrons. The van der Waals surface area contributed by atoms with Crippen molar-refractivity contribution in [2.75, 3.05) is 31.6 Å². The quantitative estimate of drug-likeness (QED) is 0.175. The van der Waals surface area contributed by atoms with Crippen molar-refractivity contribution in [1.82, 2.24) is 20.3 Å². The van der Waals surface area contributed by atoms with E-state index in [0.717, 1.165) is 12.8 Å². The third kappa shape index (κ3) is 6.38. The molecular formula is C33H31Cl3FN5O5. The van der Waals surface area contributed by atoms with Crippen molar-refractivity contribution >= 4 is 63.3 Å². The maximum atomic E-state index is 16.7. The van der Waals surface area contributed by atoms with Gasteiger partial charge < -0.3 is 19.3 Å². The van der Waals surface area contributed by atoms with E-state index in [-0.39, 0.29) is 34.4 Å². The van der Waals surface area contributed by atoms with Gasteiger partial charge in [-0.2, -0.15) is 0 Å². The molecule has 1 saturated heterocycles. The maximum absolute atomic E-state index is 16.7. The average molecular weight is 703 g/mol. The second-order valence-corrected chi connectivity index (χ2v) is 12.9. The number of amides is 1. The lowest BCUT2D eigenvalue weighted by atomic mass is 10.0. The number of aromatic nitrogens is 1. The van der Waals surface area contributed by atoms with Crippen molar-refractivity contribution in [2.24, 2.45) is 0 Å². The molecule has 0 bridgehead atoms. The van der Waals surface area contributed by atoms with E-state index in [4.69, 9.17) is 39.5 Å². The molecule has 2 aliphatic rings. The zero-order valence-corrected chi connectivity index (χ0v) is 27.7. The van der Waals surface area contributed by atoms with Gasteiger partial charge in [-0.25, -0.2) is 14.6 Å². The first kappa shape index (κ1) is 33.0. The van der Waals surface area contributed by atoms with Gasteiger partial charge in [-0.3, -0.25) is 19.9 Å². The Morgan fingerprint density at radius 3 is 2.34 bits per heavy atom. The van der Waals surface area contributed by atoms with Crippen LogP contribution >= 0.6 is 34.8 Å². The van der Waals surface area contributed by atoms with Crippen LogP contribution in [-0.4, -0.2) is 59.2 Å². The number of methoxy groups -OCH3 is 1. The van der Waals surface area contributed by atoms with Crippen LogP contribution in [0.5, 0.6) is 5.75 Å². The molecule has 0 spiro atoms. The largest absolute Gasteiger partial charge is 0.494 e. The Balaban J connectivity index is 1.33. The van der Waals surface area contributed by atoms with Crippen LogP contribution in [0, 0.1) is 5.82 Å². The van der Waals surface area contributed by atoms with Gasteiger partial charge in [0.1, 0.15) is 23.2 Å². The summed E-state index contributed by atoms with van der Waals surface area (Å²) in [5.74, 6) is -2.29. The van der Waals surface area contributed by atoms with Gasteiger partial charge in [-0.15, -0.1) is 0 Å². The summed E-state index contributed by atoms with van der Waals surface area (Å²) in [6.45, 7) is 2.99. The third-order valence-corrected chi connectivity index (χ3v) is 9.53. The number of rotatable bonds is 9. The van der Waals surface area contributed by atoms with E-state index >= 15 is 4.39 Å². The van der Waals surface area contributed by atoms with Crippen molar-refractivity contribution in [2.45, 2.75) is 38.0 Å². The number of ether oxygens (including phenoxy) is 1. The number of carbonyl (C=O) groups is 2. The molecule has 6 rings (SSSR count). The number of carboxylic acids is 1. The number of benzene rings is 3. The van der Waals surface area contributed by atoms with Gasteiger partial charge in [-0.05, 0) is 62.2 Å². The number of hydrogen-bond donors (Lipinski definition) is 3. The van der Waals surface area contributed by atoms with Gasteiger partial charge in [0.05, 0.1) is 18.0 Å². The highest BCUT2D eigenvalue weighted by Crippen LogP contribution is 2.43. The molecule has 1 aliphatic carbocycles. The van der Waals surface area contributed by atoms with Crippen molar-refractivity contribution in [3.8, 4) is 5.75 Å². The molecule has 246 valence electrons. The summed E-state index contributed by atoms with van der Waals surface area (Å²) in [6, 6.07) is 12.7. The fourth-order valence-corrected chi connectivity index (χ4v) is 6.87. The second-order valence-electron chi connectivity index (χ2n) is 11.6. The zero-order valence-electron chi connectivity index (χ0n) is 25.4. The van der Waals surface area contributed by atoms with Crippen molar-refractivity contribution in [3.63, 3.8) is 0 Å². The van der Waals surface area contributed by atoms with Crippen LogP contribution in [0.2, 0.25) is 15.1 Å². The molecule has 4 aromatic rings. The highest BCUT2D eigenvalue weighted by molar-refractivity contribution is 6.36. The lowest BCUT2D eigenvalue weighted by Crippen LogP contribution is -2.58. The van der Waals surface area contributed by atoms with E-state index in [1.165, 1.54) is 19.4 Å². The zero-order chi connectivity index (χ0) is 33.6. The molecule has 14 heteroatoms. The third-order valence-electron chi connectivity index (χ3n) is 8.61. The normalized spacial score (nSPS) is 17.5.